The summed E-state index contributed by atoms with van der Waals surface area (Å²) in [7, 11) is 0. The number of para-hydroxylation sites is 1. The molecule has 15 heavy (non-hydrogen) atoms. The molecule has 0 saturated carbocycles. The van der Waals surface area contributed by atoms with E-state index in [2.05, 4.69) is 5.10 Å². The maximum Gasteiger partial charge on any atom is 0.0785 e. The van der Waals surface area contributed by atoms with Crippen LogP contribution in [0.15, 0.2) is 36.7 Å². The molecule has 0 aliphatic rings. The molecule has 2 N–H and O–H groups in total. The average molecular weight is 222 g/mol. The molecule has 2 aromatic rings. The number of anilines is 1. The third kappa shape index (κ3) is 2.50. The summed E-state index contributed by atoms with van der Waals surface area (Å²) >= 11 is 5.77. The zero-order chi connectivity index (χ0) is 10.7. The molecule has 0 aliphatic carbocycles. The van der Waals surface area contributed by atoms with Gasteiger partial charge in [-0.3, -0.25) is 4.68 Å². The molecule has 1 heterocycles. The summed E-state index contributed by atoms with van der Waals surface area (Å²) in [4.78, 5) is 0. The van der Waals surface area contributed by atoms with Gasteiger partial charge >= 0.3 is 0 Å². The summed E-state index contributed by atoms with van der Waals surface area (Å²) < 4.78 is 1.81. The highest BCUT2D eigenvalue weighted by molar-refractivity contribution is 6.30. The topological polar surface area (TPSA) is 43.8 Å². The zero-order valence-corrected chi connectivity index (χ0v) is 8.98. The first-order valence-electron chi connectivity index (χ1n) is 4.77. The van der Waals surface area contributed by atoms with E-state index in [1.54, 1.807) is 12.4 Å². The largest absolute Gasteiger partial charge is 0.399 e. The van der Waals surface area contributed by atoms with Crippen LogP contribution in [0, 0.1) is 0 Å². The highest BCUT2D eigenvalue weighted by Crippen LogP contribution is 2.12. The fourth-order valence-corrected chi connectivity index (χ4v) is 1.61. The van der Waals surface area contributed by atoms with E-state index < -0.39 is 0 Å². The summed E-state index contributed by atoms with van der Waals surface area (Å²) in [6, 6.07) is 7.86. The van der Waals surface area contributed by atoms with Crippen molar-refractivity contribution in [2.75, 3.05) is 5.73 Å². The van der Waals surface area contributed by atoms with Crippen LogP contribution in [0.4, 0.5) is 5.69 Å². The first-order valence-corrected chi connectivity index (χ1v) is 5.15. The summed E-state index contributed by atoms with van der Waals surface area (Å²) in [5, 5.41) is 4.77. The maximum absolute atomic E-state index is 5.83. The van der Waals surface area contributed by atoms with Gasteiger partial charge in [-0.25, -0.2) is 0 Å². The van der Waals surface area contributed by atoms with Gasteiger partial charge in [0.05, 0.1) is 11.2 Å². The molecule has 0 saturated heterocycles. The molecular formula is C11H12ClN3. The van der Waals surface area contributed by atoms with E-state index in [-0.39, 0.29) is 0 Å². The van der Waals surface area contributed by atoms with Crippen molar-refractivity contribution in [3.63, 3.8) is 0 Å². The van der Waals surface area contributed by atoms with E-state index in [1.807, 2.05) is 28.9 Å². The molecule has 1 aromatic carbocycles. The van der Waals surface area contributed by atoms with Gasteiger partial charge in [0.1, 0.15) is 0 Å². The van der Waals surface area contributed by atoms with Crippen molar-refractivity contribution >= 4 is 17.3 Å². The minimum Gasteiger partial charge on any atom is -0.399 e. The van der Waals surface area contributed by atoms with E-state index in [9.17, 15) is 0 Å². The second-order valence-electron chi connectivity index (χ2n) is 3.37. The molecule has 0 amide bonds. The SMILES string of the molecule is Nc1ccccc1CCn1cc(Cl)cn1. The fraction of sp³-hybridized carbons (Fsp3) is 0.182. The van der Waals surface area contributed by atoms with Crippen molar-refractivity contribution in [2.45, 2.75) is 13.0 Å². The van der Waals surface area contributed by atoms with Crippen LogP contribution in [0.5, 0.6) is 0 Å². The van der Waals surface area contributed by atoms with Crippen molar-refractivity contribution in [3.05, 3.63) is 47.2 Å². The molecular weight excluding hydrogens is 210 g/mol. The Hall–Kier alpha value is -1.48. The van der Waals surface area contributed by atoms with Crippen molar-refractivity contribution in [1.29, 1.82) is 0 Å². The summed E-state index contributed by atoms with van der Waals surface area (Å²) in [6.45, 7) is 0.793. The van der Waals surface area contributed by atoms with Gasteiger partial charge < -0.3 is 5.73 Å². The monoisotopic (exact) mass is 221 g/mol. The lowest BCUT2D eigenvalue weighted by atomic mass is 10.1. The number of nitrogens with zero attached hydrogens (tertiary/aromatic N) is 2. The van der Waals surface area contributed by atoms with Gasteiger partial charge in [-0.15, -0.1) is 0 Å². The maximum atomic E-state index is 5.83. The number of nitrogens with two attached hydrogens (primary N) is 1. The van der Waals surface area contributed by atoms with Crippen molar-refractivity contribution in [3.8, 4) is 0 Å². The Kier molecular flexibility index (Phi) is 2.92. The van der Waals surface area contributed by atoms with E-state index in [0.717, 1.165) is 24.2 Å². The number of hydrogen-bond acceptors (Lipinski definition) is 2. The Bertz CT molecular complexity index is 451. The van der Waals surface area contributed by atoms with Gasteiger partial charge in [0.15, 0.2) is 0 Å². The van der Waals surface area contributed by atoms with E-state index in [4.69, 9.17) is 17.3 Å². The zero-order valence-electron chi connectivity index (χ0n) is 8.23. The Morgan fingerprint density at radius 2 is 2.13 bits per heavy atom. The minimum absolute atomic E-state index is 0.663. The van der Waals surface area contributed by atoms with Gasteiger partial charge in [0.25, 0.3) is 0 Å². The fourth-order valence-electron chi connectivity index (χ4n) is 1.46. The van der Waals surface area contributed by atoms with Gasteiger partial charge in [0.2, 0.25) is 0 Å². The van der Waals surface area contributed by atoms with E-state index >= 15 is 0 Å². The Balaban J connectivity index is 2.02. The Labute approximate surface area is 93.5 Å². The second-order valence-corrected chi connectivity index (χ2v) is 3.81. The first-order chi connectivity index (χ1) is 7.25. The number of rotatable bonds is 3. The van der Waals surface area contributed by atoms with Crippen molar-refractivity contribution in [2.24, 2.45) is 0 Å². The molecule has 0 atom stereocenters. The van der Waals surface area contributed by atoms with E-state index in [1.165, 1.54) is 0 Å². The number of halogens is 1. The standard InChI is InChI=1S/C11H12ClN3/c12-10-7-14-15(8-10)6-5-9-3-1-2-4-11(9)13/h1-4,7-8H,5-6,13H2. The molecule has 4 heteroatoms. The molecule has 3 nitrogen and oxygen atoms in total. The highest BCUT2D eigenvalue weighted by atomic mass is 35.5. The first kappa shape index (κ1) is 10.1. The Morgan fingerprint density at radius 1 is 1.33 bits per heavy atom. The van der Waals surface area contributed by atoms with Crippen molar-refractivity contribution < 1.29 is 0 Å². The number of benzene rings is 1. The van der Waals surface area contributed by atoms with Gasteiger partial charge in [0, 0.05) is 18.4 Å². The quantitative estimate of drug-likeness (QED) is 0.809. The summed E-state index contributed by atoms with van der Waals surface area (Å²) in [6.07, 6.45) is 4.31. The molecule has 78 valence electrons. The highest BCUT2D eigenvalue weighted by Gasteiger charge is 1.99. The van der Waals surface area contributed by atoms with Gasteiger partial charge in [-0.2, -0.15) is 5.10 Å². The van der Waals surface area contributed by atoms with Crippen LogP contribution < -0.4 is 5.73 Å². The lowest BCUT2D eigenvalue weighted by Gasteiger charge is -2.04. The summed E-state index contributed by atoms with van der Waals surface area (Å²) in [5.74, 6) is 0. The van der Waals surface area contributed by atoms with Crippen LogP contribution in [0.3, 0.4) is 0 Å². The molecule has 0 bridgehead atoms. The predicted octanol–water partition coefficient (Wildman–Crippen LogP) is 2.36. The Morgan fingerprint density at radius 3 is 2.80 bits per heavy atom. The normalized spacial score (nSPS) is 10.5. The molecule has 0 fully saturated rings. The molecule has 1 aromatic heterocycles. The lowest BCUT2D eigenvalue weighted by molar-refractivity contribution is 0.615. The molecule has 0 radical (unpaired) electrons. The lowest BCUT2D eigenvalue weighted by Crippen LogP contribution is -2.03. The molecule has 0 aliphatic heterocycles. The molecule has 2 rings (SSSR count). The van der Waals surface area contributed by atoms with Crippen LogP contribution in [0.25, 0.3) is 0 Å². The third-order valence-corrected chi connectivity index (χ3v) is 2.46. The second kappa shape index (κ2) is 4.36. The number of nitrogen functional groups attached to an aromatic ring is 1. The third-order valence-electron chi connectivity index (χ3n) is 2.27. The minimum atomic E-state index is 0.663. The average Bonchev–Trinajstić information content (AvgIpc) is 2.63. The van der Waals surface area contributed by atoms with Crippen LogP contribution in [-0.2, 0) is 13.0 Å². The number of aromatic nitrogens is 2. The summed E-state index contributed by atoms with van der Waals surface area (Å²) in [5.41, 5.74) is 7.81. The number of hydrogen-bond donors (Lipinski definition) is 1. The molecule has 0 unspecified atom stereocenters. The number of aryl methyl sites for hydroxylation is 2. The van der Waals surface area contributed by atoms with E-state index in [0.29, 0.717) is 5.02 Å². The van der Waals surface area contributed by atoms with Crippen LogP contribution in [0.2, 0.25) is 5.02 Å². The van der Waals surface area contributed by atoms with Crippen molar-refractivity contribution in [1.82, 2.24) is 9.78 Å². The van der Waals surface area contributed by atoms with Crippen LogP contribution in [0.1, 0.15) is 5.56 Å². The van der Waals surface area contributed by atoms with Gasteiger partial charge in [-0.05, 0) is 18.1 Å². The smallest absolute Gasteiger partial charge is 0.0785 e. The molecule has 0 spiro atoms. The van der Waals surface area contributed by atoms with Gasteiger partial charge in [-0.1, -0.05) is 29.8 Å². The van der Waals surface area contributed by atoms with Crippen LogP contribution in [-0.4, -0.2) is 9.78 Å². The van der Waals surface area contributed by atoms with Crippen LogP contribution >= 0.6 is 11.6 Å². The predicted molar refractivity (Wildman–Crippen MR) is 61.8 cm³/mol.